The Labute approximate surface area is 183 Å². The summed E-state index contributed by atoms with van der Waals surface area (Å²) < 4.78 is 50.0. The van der Waals surface area contributed by atoms with E-state index >= 15 is 0 Å². The highest BCUT2D eigenvalue weighted by Crippen LogP contribution is 2.20. The molecule has 1 heterocycles. The summed E-state index contributed by atoms with van der Waals surface area (Å²) in [7, 11) is -6.65. The van der Waals surface area contributed by atoms with Crippen LogP contribution in [-0.4, -0.2) is 72.8 Å². The number of nitrogens with zero attached hydrogens (tertiary/aromatic N) is 2. The van der Waals surface area contributed by atoms with Crippen LogP contribution in [0.2, 0.25) is 0 Å². The van der Waals surface area contributed by atoms with E-state index in [9.17, 15) is 21.6 Å². The molecule has 0 aliphatic carbocycles. The maximum absolute atomic E-state index is 12.6. The molecule has 168 valence electrons. The quantitative estimate of drug-likeness (QED) is 0.566. The molecule has 0 aromatic heterocycles. The van der Waals surface area contributed by atoms with Crippen LogP contribution in [0.15, 0.2) is 48.5 Å². The lowest BCUT2D eigenvalue weighted by molar-refractivity contribution is 0.0926. The van der Waals surface area contributed by atoms with E-state index < -0.39 is 20.0 Å². The van der Waals surface area contributed by atoms with Crippen molar-refractivity contribution in [2.75, 3.05) is 59.6 Å². The van der Waals surface area contributed by atoms with Crippen LogP contribution < -0.4 is 14.3 Å². The van der Waals surface area contributed by atoms with Gasteiger partial charge in [0, 0.05) is 48.8 Å². The number of sulfonamides is 2. The average Bonchev–Trinajstić information content (AvgIpc) is 2.67. The summed E-state index contributed by atoms with van der Waals surface area (Å²) in [5, 5.41) is 0. The lowest BCUT2D eigenvalue weighted by Crippen LogP contribution is -2.48. The second kappa shape index (κ2) is 9.25. The van der Waals surface area contributed by atoms with Gasteiger partial charge < -0.3 is 4.90 Å². The number of Topliss-reactive ketones (excluding diaryl/α,β-unsaturated/α-hetero) is 1. The van der Waals surface area contributed by atoms with Crippen molar-refractivity contribution < 1.29 is 21.6 Å². The minimum atomic E-state index is -3.35. The van der Waals surface area contributed by atoms with Crippen LogP contribution in [-0.2, 0) is 20.0 Å². The van der Waals surface area contributed by atoms with Crippen molar-refractivity contribution in [1.82, 2.24) is 4.90 Å². The van der Waals surface area contributed by atoms with Crippen molar-refractivity contribution in [2.45, 2.75) is 0 Å². The van der Waals surface area contributed by atoms with Crippen LogP contribution in [0.1, 0.15) is 10.4 Å². The molecule has 31 heavy (non-hydrogen) atoms. The van der Waals surface area contributed by atoms with Crippen LogP contribution >= 0.6 is 0 Å². The fraction of sp³-hybridized carbons (Fsp3) is 0.350. The molecule has 1 fully saturated rings. The van der Waals surface area contributed by atoms with E-state index in [2.05, 4.69) is 19.2 Å². The number of hydrogen-bond acceptors (Lipinski definition) is 7. The first kappa shape index (κ1) is 23.0. The minimum absolute atomic E-state index is 0.0180. The first-order chi connectivity index (χ1) is 14.5. The number of piperazine rings is 1. The Kier molecular flexibility index (Phi) is 6.87. The summed E-state index contributed by atoms with van der Waals surface area (Å²) >= 11 is 0. The third kappa shape index (κ3) is 7.23. The summed E-state index contributed by atoms with van der Waals surface area (Å²) in [6, 6.07) is 13.6. The number of nitrogens with one attached hydrogen (secondary N) is 2. The van der Waals surface area contributed by atoms with Crippen molar-refractivity contribution in [3.63, 3.8) is 0 Å². The normalized spacial score (nSPS) is 15.5. The maximum atomic E-state index is 12.6. The highest BCUT2D eigenvalue weighted by Gasteiger charge is 2.20. The molecule has 11 heteroatoms. The van der Waals surface area contributed by atoms with Crippen molar-refractivity contribution in [2.24, 2.45) is 0 Å². The van der Waals surface area contributed by atoms with Crippen LogP contribution in [0.5, 0.6) is 0 Å². The molecule has 0 atom stereocenters. The molecule has 3 rings (SSSR count). The van der Waals surface area contributed by atoms with Gasteiger partial charge in [0.25, 0.3) is 0 Å². The molecule has 0 saturated carbocycles. The second-order valence-electron chi connectivity index (χ2n) is 7.56. The van der Waals surface area contributed by atoms with Gasteiger partial charge in [-0.15, -0.1) is 0 Å². The van der Waals surface area contributed by atoms with Gasteiger partial charge in [0.2, 0.25) is 20.0 Å². The van der Waals surface area contributed by atoms with Crippen LogP contribution in [0.25, 0.3) is 0 Å². The largest absolute Gasteiger partial charge is 0.369 e. The van der Waals surface area contributed by atoms with Crippen LogP contribution in [0.4, 0.5) is 17.1 Å². The molecule has 0 unspecified atom stereocenters. The van der Waals surface area contributed by atoms with E-state index in [1.54, 1.807) is 36.4 Å². The molecule has 0 spiro atoms. The first-order valence-electron chi connectivity index (χ1n) is 9.65. The van der Waals surface area contributed by atoms with Gasteiger partial charge in [-0.1, -0.05) is 0 Å². The maximum Gasteiger partial charge on any atom is 0.229 e. The van der Waals surface area contributed by atoms with Crippen molar-refractivity contribution in [3.05, 3.63) is 54.1 Å². The van der Waals surface area contributed by atoms with Crippen molar-refractivity contribution in [1.29, 1.82) is 0 Å². The zero-order valence-electron chi connectivity index (χ0n) is 17.4. The lowest BCUT2D eigenvalue weighted by atomic mass is 10.1. The molecule has 9 nitrogen and oxygen atoms in total. The smallest absolute Gasteiger partial charge is 0.229 e. The third-order valence-corrected chi connectivity index (χ3v) is 6.00. The molecule has 1 aliphatic heterocycles. The topological polar surface area (TPSA) is 116 Å². The van der Waals surface area contributed by atoms with Gasteiger partial charge >= 0.3 is 0 Å². The number of ketones is 1. The summed E-state index contributed by atoms with van der Waals surface area (Å²) in [5.74, 6) is -0.0180. The number of rotatable bonds is 8. The molecule has 2 aromatic carbocycles. The first-order valence-corrected chi connectivity index (χ1v) is 13.4. The Hall–Kier alpha value is -2.63. The van der Waals surface area contributed by atoms with Crippen LogP contribution in [0, 0.1) is 0 Å². The molecule has 0 amide bonds. The van der Waals surface area contributed by atoms with Gasteiger partial charge in [-0.25, -0.2) is 16.8 Å². The summed E-state index contributed by atoms with van der Waals surface area (Å²) in [4.78, 5) is 16.8. The third-order valence-electron chi connectivity index (χ3n) is 4.79. The van der Waals surface area contributed by atoms with Gasteiger partial charge in [0.15, 0.2) is 5.78 Å². The number of benzene rings is 2. The lowest BCUT2D eigenvalue weighted by Gasteiger charge is -2.35. The van der Waals surface area contributed by atoms with Crippen molar-refractivity contribution >= 4 is 42.9 Å². The second-order valence-corrected chi connectivity index (χ2v) is 11.1. The Morgan fingerprint density at radius 2 is 1.23 bits per heavy atom. The van der Waals surface area contributed by atoms with Gasteiger partial charge in [-0.2, -0.15) is 0 Å². The Morgan fingerprint density at radius 1 is 0.774 bits per heavy atom. The number of carbonyl (C=O) groups excluding carboxylic acids is 1. The van der Waals surface area contributed by atoms with E-state index in [0.717, 1.165) is 44.4 Å². The molecular formula is C20H26N4O5S2. The van der Waals surface area contributed by atoms with Gasteiger partial charge in [0.1, 0.15) is 0 Å². The van der Waals surface area contributed by atoms with Gasteiger partial charge in [-0.05, 0) is 48.5 Å². The average molecular weight is 467 g/mol. The molecule has 0 radical (unpaired) electrons. The molecule has 2 N–H and O–H groups in total. The van der Waals surface area contributed by atoms with E-state index in [-0.39, 0.29) is 5.78 Å². The van der Waals surface area contributed by atoms with Crippen LogP contribution in [0.3, 0.4) is 0 Å². The Balaban J connectivity index is 1.51. The Morgan fingerprint density at radius 3 is 1.68 bits per heavy atom. The van der Waals surface area contributed by atoms with Gasteiger partial charge in [-0.3, -0.25) is 19.1 Å². The molecular weight excluding hydrogens is 440 g/mol. The zero-order valence-corrected chi connectivity index (χ0v) is 19.0. The predicted molar refractivity (Wildman–Crippen MR) is 123 cm³/mol. The minimum Gasteiger partial charge on any atom is -0.369 e. The summed E-state index contributed by atoms with van der Waals surface area (Å²) in [6.07, 6.45) is 2.19. The van der Waals surface area contributed by atoms with E-state index in [4.69, 9.17) is 0 Å². The molecule has 1 saturated heterocycles. The summed E-state index contributed by atoms with van der Waals surface area (Å²) in [5.41, 5.74) is 2.48. The molecule has 1 aliphatic rings. The Bertz CT molecular complexity index is 1120. The number of hydrogen-bond donors (Lipinski definition) is 2. The number of carbonyl (C=O) groups is 1. The van der Waals surface area contributed by atoms with E-state index in [0.29, 0.717) is 23.5 Å². The highest BCUT2D eigenvalue weighted by molar-refractivity contribution is 7.92. The SMILES string of the molecule is CS(=O)(=O)Nc1ccc(C(=O)CN2CCN(c3ccc(NS(C)(=O)=O)cc3)CC2)cc1. The number of anilines is 3. The molecule has 0 bridgehead atoms. The zero-order chi connectivity index (χ0) is 22.6. The predicted octanol–water partition coefficient (Wildman–Crippen LogP) is 1.43. The van der Waals surface area contributed by atoms with E-state index in [1.165, 1.54) is 0 Å². The van der Waals surface area contributed by atoms with Gasteiger partial charge in [0.05, 0.1) is 19.1 Å². The summed E-state index contributed by atoms with van der Waals surface area (Å²) in [6.45, 7) is 3.25. The standard InChI is InChI=1S/C20H26N4O5S2/c1-30(26,27)21-17-5-3-16(4-6-17)20(25)15-23-11-13-24(14-12-23)19-9-7-18(8-10-19)22-31(2,28)29/h3-10,21-22H,11-15H2,1-2H3. The fourth-order valence-electron chi connectivity index (χ4n) is 3.35. The highest BCUT2D eigenvalue weighted by atomic mass is 32.2. The van der Waals surface area contributed by atoms with Crippen molar-refractivity contribution in [3.8, 4) is 0 Å². The monoisotopic (exact) mass is 466 g/mol. The fourth-order valence-corrected chi connectivity index (χ4v) is 4.48. The molecule has 2 aromatic rings. The van der Waals surface area contributed by atoms with E-state index in [1.807, 2.05) is 12.1 Å².